The average Bonchev–Trinajstić information content (AvgIpc) is 3.38. The predicted molar refractivity (Wildman–Crippen MR) is 103 cm³/mol. The van der Waals surface area contributed by atoms with E-state index in [1.807, 2.05) is 0 Å². The molecule has 0 radical (unpaired) electrons. The number of aromatic nitrogens is 3. The normalized spacial score (nSPS) is 18.1. The monoisotopic (exact) mass is 433 g/mol. The number of halogens is 3. The summed E-state index contributed by atoms with van der Waals surface area (Å²) in [6.07, 6.45) is -3.71. The summed E-state index contributed by atoms with van der Waals surface area (Å²) in [5.74, 6) is -0.00184. The van der Waals surface area contributed by atoms with Gasteiger partial charge in [-0.05, 0) is 12.1 Å². The number of hydrogen-bond acceptors (Lipinski definition) is 6. The van der Waals surface area contributed by atoms with Crippen LogP contribution in [-0.4, -0.2) is 39.4 Å². The van der Waals surface area contributed by atoms with Crippen LogP contribution in [-0.2, 0) is 35.5 Å². The van der Waals surface area contributed by atoms with Crippen molar-refractivity contribution in [1.82, 2.24) is 19.9 Å². The van der Waals surface area contributed by atoms with Crippen LogP contribution in [0.2, 0.25) is 0 Å². The predicted octanol–water partition coefficient (Wildman–Crippen LogP) is 2.93. The van der Waals surface area contributed by atoms with E-state index in [1.54, 1.807) is 13.1 Å². The summed E-state index contributed by atoms with van der Waals surface area (Å²) in [5, 5.41) is 0. The van der Waals surface area contributed by atoms with Crippen molar-refractivity contribution >= 4 is 22.8 Å². The van der Waals surface area contributed by atoms with Gasteiger partial charge in [-0.25, -0.2) is 4.98 Å². The quantitative estimate of drug-likeness (QED) is 0.644. The van der Waals surface area contributed by atoms with Gasteiger partial charge in [-0.15, -0.1) is 0 Å². The fourth-order valence-corrected chi connectivity index (χ4v) is 4.03. The van der Waals surface area contributed by atoms with E-state index in [0.717, 1.165) is 23.4 Å². The van der Waals surface area contributed by atoms with E-state index in [1.165, 1.54) is 4.90 Å². The number of hydrogen-bond donors (Lipinski definition) is 2. The third kappa shape index (κ3) is 3.20. The standard InChI is InChI=1S/C20H18F3N5O3/c1-28(15-8-30-5-9-2-10(20(21,22)23)4-25-16(9)15)19(29)14-3-13-17(26-14)11-6-31-7-12(11)18(24)27-13/h2-4,15,26H,5-8H2,1H3,(H2,24,27)/t15-/m1/s1. The summed E-state index contributed by atoms with van der Waals surface area (Å²) in [4.78, 5) is 26.0. The molecule has 0 unspecified atom stereocenters. The lowest BCUT2D eigenvalue weighted by atomic mass is 10.0. The summed E-state index contributed by atoms with van der Waals surface area (Å²) in [6, 6.07) is 2.00. The van der Waals surface area contributed by atoms with Gasteiger partial charge < -0.3 is 25.1 Å². The van der Waals surface area contributed by atoms with Crippen molar-refractivity contribution in [2.45, 2.75) is 32.0 Å². The van der Waals surface area contributed by atoms with Crippen molar-refractivity contribution in [3.05, 3.63) is 52.0 Å². The van der Waals surface area contributed by atoms with Crippen molar-refractivity contribution in [3.8, 4) is 0 Å². The molecule has 3 aromatic heterocycles. The third-order valence-electron chi connectivity index (χ3n) is 5.70. The van der Waals surface area contributed by atoms with E-state index < -0.39 is 17.8 Å². The number of fused-ring (bicyclic) bond motifs is 4. The van der Waals surface area contributed by atoms with E-state index in [-0.39, 0.29) is 24.8 Å². The number of H-pyrrole nitrogens is 1. The zero-order valence-electron chi connectivity index (χ0n) is 16.4. The van der Waals surface area contributed by atoms with Crippen molar-refractivity contribution in [1.29, 1.82) is 0 Å². The highest BCUT2D eigenvalue weighted by molar-refractivity contribution is 5.98. The molecule has 31 heavy (non-hydrogen) atoms. The molecule has 2 aliphatic rings. The van der Waals surface area contributed by atoms with Gasteiger partial charge in [0.15, 0.2) is 0 Å². The fourth-order valence-electron chi connectivity index (χ4n) is 4.03. The van der Waals surface area contributed by atoms with E-state index in [4.69, 9.17) is 15.2 Å². The number of pyridine rings is 2. The summed E-state index contributed by atoms with van der Waals surface area (Å²) >= 11 is 0. The van der Waals surface area contributed by atoms with Gasteiger partial charge >= 0.3 is 6.18 Å². The van der Waals surface area contributed by atoms with E-state index in [9.17, 15) is 18.0 Å². The minimum absolute atomic E-state index is 0.00645. The zero-order chi connectivity index (χ0) is 21.9. The Kier molecular flexibility index (Phi) is 4.41. The minimum atomic E-state index is -4.50. The van der Waals surface area contributed by atoms with Crippen LogP contribution in [0.5, 0.6) is 0 Å². The van der Waals surface area contributed by atoms with Gasteiger partial charge in [-0.1, -0.05) is 0 Å². The molecule has 0 spiro atoms. The smallest absolute Gasteiger partial charge is 0.383 e. The van der Waals surface area contributed by atoms with Gasteiger partial charge in [0.25, 0.3) is 5.91 Å². The molecular weight excluding hydrogens is 415 g/mol. The SMILES string of the molecule is CN(C(=O)c1cc2nc(N)c3c(c2[nH]1)COC3)[C@@H]1COCc2cc(C(F)(F)F)cnc21. The van der Waals surface area contributed by atoms with Gasteiger partial charge in [-0.3, -0.25) is 9.78 Å². The average molecular weight is 433 g/mol. The number of carbonyl (C=O) groups excluding carboxylic acids is 1. The Morgan fingerprint density at radius 2 is 2.00 bits per heavy atom. The van der Waals surface area contributed by atoms with Crippen LogP contribution in [0.3, 0.4) is 0 Å². The highest BCUT2D eigenvalue weighted by atomic mass is 19.4. The Bertz CT molecular complexity index is 1210. The number of carbonyl (C=O) groups is 1. The largest absolute Gasteiger partial charge is 0.417 e. The summed E-state index contributed by atoms with van der Waals surface area (Å²) < 4.78 is 50.0. The van der Waals surface area contributed by atoms with Crippen molar-refractivity contribution < 1.29 is 27.4 Å². The maximum Gasteiger partial charge on any atom is 0.417 e. The number of likely N-dealkylation sites (N-methyl/N-ethyl adjacent to an activating group) is 1. The van der Waals surface area contributed by atoms with Crippen LogP contribution >= 0.6 is 0 Å². The topological polar surface area (TPSA) is 106 Å². The molecule has 0 aromatic carbocycles. The minimum Gasteiger partial charge on any atom is -0.383 e. The molecule has 0 fully saturated rings. The molecule has 0 aliphatic carbocycles. The molecule has 2 aliphatic heterocycles. The maximum absolute atomic E-state index is 13.2. The Hall–Kier alpha value is -3.18. The third-order valence-corrected chi connectivity index (χ3v) is 5.70. The highest BCUT2D eigenvalue weighted by Crippen LogP contribution is 2.35. The first kappa shape index (κ1) is 19.8. The molecule has 162 valence electrons. The van der Waals surface area contributed by atoms with Crippen LogP contribution in [0.15, 0.2) is 18.3 Å². The molecule has 5 heterocycles. The van der Waals surface area contributed by atoms with Crippen LogP contribution < -0.4 is 5.73 Å². The second-order valence-electron chi connectivity index (χ2n) is 7.60. The maximum atomic E-state index is 13.2. The number of aromatic amines is 1. The van der Waals surface area contributed by atoms with Crippen molar-refractivity contribution in [3.63, 3.8) is 0 Å². The van der Waals surface area contributed by atoms with Crippen LogP contribution in [0, 0.1) is 0 Å². The number of nitrogens with one attached hydrogen (secondary N) is 1. The van der Waals surface area contributed by atoms with E-state index in [0.29, 0.717) is 41.3 Å². The molecule has 0 saturated carbocycles. The number of rotatable bonds is 2. The first-order valence-electron chi connectivity index (χ1n) is 9.52. The van der Waals surface area contributed by atoms with Crippen LogP contribution in [0.4, 0.5) is 19.0 Å². The van der Waals surface area contributed by atoms with Gasteiger partial charge in [-0.2, -0.15) is 13.2 Å². The first-order valence-corrected chi connectivity index (χ1v) is 9.52. The first-order chi connectivity index (χ1) is 14.7. The Labute approximate surface area is 174 Å². The lowest BCUT2D eigenvalue weighted by Crippen LogP contribution is -2.37. The molecule has 11 heteroatoms. The number of nitrogens with zero attached hydrogens (tertiary/aromatic N) is 3. The van der Waals surface area contributed by atoms with Gasteiger partial charge in [0.1, 0.15) is 11.5 Å². The molecule has 5 rings (SSSR count). The zero-order valence-corrected chi connectivity index (χ0v) is 16.4. The molecule has 0 bridgehead atoms. The lowest BCUT2D eigenvalue weighted by molar-refractivity contribution is -0.138. The Morgan fingerprint density at radius 3 is 2.77 bits per heavy atom. The second-order valence-corrected chi connectivity index (χ2v) is 7.60. The Balaban J connectivity index is 1.48. The second kappa shape index (κ2) is 6.92. The number of nitrogens with two attached hydrogens (primary N) is 1. The van der Waals surface area contributed by atoms with Gasteiger partial charge in [0, 0.05) is 29.9 Å². The Morgan fingerprint density at radius 1 is 1.23 bits per heavy atom. The number of amides is 1. The highest BCUT2D eigenvalue weighted by Gasteiger charge is 2.35. The fraction of sp³-hybridized carbons (Fsp3) is 0.350. The number of nitrogen functional groups attached to an aromatic ring is 1. The van der Waals surface area contributed by atoms with Crippen molar-refractivity contribution in [2.75, 3.05) is 19.4 Å². The molecule has 3 aromatic rings. The number of anilines is 1. The van der Waals surface area contributed by atoms with Crippen LogP contribution in [0.1, 0.15) is 44.5 Å². The molecule has 0 saturated heterocycles. The summed E-state index contributed by atoms with van der Waals surface area (Å²) in [7, 11) is 1.56. The number of alkyl halides is 3. The molecule has 8 nitrogen and oxygen atoms in total. The van der Waals surface area contributed by atoms with E-state index in [2.05, 4.69) is 15.0 Å². The molecule has 1 atom stereocenters. The summed E-state index contributed by atoms with van der Waals surface area (Å²) in [6.45, 7) is 0.876. The molecule has 3 N–H and O–H groups in total. The molecular formula is C20H18F3N5O3. The van der Waals surface area contributed by atoms with Gasteiger partial charge in [0.2, 0.25) is 0 Å². The van der Waals surface area contributed by atoms with E-state index >= 15 is 0 Å². The van der Waals surface area contributed by atoms with Crippen LogP contribution in [0.25, 0.3) is 11.0 Å². The summed E-state index contributed by atoms with van der Waals surface area (Å²) in [5.41, 5.74) is 9.04. The lowest BCUT2D eigenvalue weighted by Gasteiger charge is -2.32. The molecule has 1 amide bonds. The van der Waals surface area contributed by atoms with Crippen molar-refractivity contribution in [2.24, 2.45) is 0 Å². The number of ether oxygens (including phenoxy) is 2. The van der Waals surface area contributed by atoms with Gasteiger partial charge in [0.05, 0.1) is 54.8 Å².